The lowest BCUT2D eigenvalue weighted by molar-refractivity contribution is 0.307. The van der Waals surface area contributed by atoms with Gasteiger partial charge in [-0.15, -0.1) is 0 Å². The van der Waals surface area contributed by atoms with Crippen LogP contribution in [0.2, 0.25) is 0 Å². The highest BCUT2D eigenvalue weighted by molar-refractivity contribution is 5.84. The summed E-state index contributed by atoms with van der Waals surface area (Å²) in [7, 11) is 1.61. The standard InChI is InChI=1S/C34H29FN2O3/c1-24-33(30-16-6-7-17-32(30)40-23-26-10-4-3-5-11-26)31(19-18-25-12-8-14-28(35)20-25)34(38)37(36-24)22-27-13-9-15-29(21-27)39-2/h3-21H,22-23H2,1-2H3. The second kappa shape index (κ2) is 12.3. The molecule has 0 spiro atoms. The molecule has 0 bridgehead atoms. The molecule has 6 heteroatoms. The number of ether oxygens (including phenoxy) is 2. The average Bonchev–Trinajstić information content (AvgIpc) is 2.98. The summed E-state index contributed by atoms with van der Waals surface area (Å²) >= 11 is 0. The van der Waals surface area contributed by atoms with E-state index in [2.05, 4.69) is 0 Å². The van der Waals surface area contributed by atoms with Crippen LogP contribution in [-0.4, -0.2) is 16.9 Å². The molecule has 5 nitrogen and oxygen atoms in total. The van der Waals surface area contributed by atoms with E-state index in [1.807, 2.05) is 85.8 Å². The van der Waals surface area contributed by atoms with Gasteiger partial charge in [-0.05, 0) is 60.0 Å². The van der Waals surface area contributed by atoms with Crippen LogP contribution in [0.3, 0.4) is 0 Å². The van der Waals surface area contributed by atoms with E-state index in [1.165, 1.54) is 16.8 Å². The van der Waals surface area contributed by atoms with Crippen molar-refractivity contribution in [2.75, 3.05) is 7.11 Å². The molecular weight excluding hydrogens is 503 g/mol. The Labute approximate surface area is 232 Å². The lowest BCUT2D eigenvalue weighted by Gasteiger charge is -2.17. The quantitative estimate of drug-likeness (QED) is 0.202. The smallest absolute Gasteiger partial charge is 0.274 e. The average molecular weight is 533 g/mol. The van der Waals surface area contributed by atoms with Crippen molar-refractivity contribution in [1.82, 2.24) is 9.78 Å². The van der Waals surface area contributed by atoms with Crippen molar-refractivity contribution in [3.05, 3.63) is 147 Å². The van der Waals surface area contributed by atoms with Crippen LogP contribution in [0.15, 0.2) is 108 Å². The Morgan fingerprint density at radius 1 is 0.850 bits per heavy atom. The first-order chi connectivity index (χ1) is 19.5. The summed E-state index contributed by atoms with van der Waals surface area (Å²) in [5.41, 5.74) is 4.82. The van der Waals surface area contributed by atoms with Crippen LogP contribution in [0.25, 0.3) is 23.3 Å². The zero-order valence-corrected chi connectivity index (χ0v) is 22.4. The third-order valence-electron chi connectivity index (χ3n) is 6.52. The zero-order valence-electron chi connectivity index (χ0n) is 22.4. The van der Waals surface area contributed by atoms with Crippen LogP contribution < -0.4 is 15.0 Å². The zero-order chi connectivity index (χ0) is 27.9. The molecule has 0 N–H and O–H groups in total. The fourth-order valence-electron chi connectivity index (χ4n) is 4.59. The van der Waals surface area contributed by atoms with Gasteiger partial charge in [-0.25, -0.2) is 9.07 Å². The Morgan fingerprint density at radius 3 is 2.40 bits per heavy atom. The first-order valence-corrected chi connectivity index (χ1v) is 13.0. The fourth-order valence-corrected chi connectivity index (χ4v) is 4.59. The molecule has 0 amide bonds. The lowest BCUT2D eigenvalue weighted by Crippen LogP contribution is -2.27. The third kappa shape index (κ3) is 6.18. The summed E-state index contributed by atoms with van der Waals surface area (Å²) < 4.78 is 26.9. The van der Waals surface area contributed by atoms with Crippen LogP contribution in [0.1, 0.15) is 27.9 Å². The van der Waals surface area contributed by atoms with Gasteiger partial charge in [0, 0.05) is 11.1 Å². The Morgan fingerprint density at radius 2 is 1.60 bits per heavy atom. The molecule has 5 aromatic rings. The van der Waals surface area contributed by atoms with Crippen molar-refractivity contribution < 1.29 is 13.9 Å². The second-order valence-corrected chi connectivity index (χ2v) is 9.35. The van der Waals surface area contributed by atoms with E-state index in [4.69, 9.17) is 14.6 Å². The molecule has 0 atom stereocenters. The van der Waals surface area contributed by atoms with Crippen LogP contribution in [-0.2, 0) is 13.2 Å². The van der Waals surface area contributed by atoms with E-state index in [0.29, 0.717) is 40.5 Å². The number of nitrogens with zero attached hydrogens (tertiary/aromatic N) is 2. The third-order valence-corrected chi connectivity index (χ3v) is 6.52. The molecule has 200 valence electrons. The molecule has 1 heterocycles. The summed E-state index contributed by atoms with van der Waals surface area (Å²) in [6.07, 6.45) is 3.48. The minimum atomic E-state index is -0.344. The maximum absolute atomic E-state index is 14.0. The van der Waals surface area contributed by atoms with E-state index in [-0.39, 0.29) is 17.9 Å². The minimum absolute atomic E-state index is 0.268. The Balaban J connectivity index is 1.61. The molecule has 0 aliphatic rings. The summed E-state index contributed by atoms with van der Waals surface area (Å²) in [6, 6.07) is 31.3. The summed E-state index contributed by atoms with van der Waals surface area (Å²) in [4.78, 5) is 14.0. The number of aromatic nitrogens is 2. The van der Waals surface area contributed by atoms with Crippen molar-refractivity contribution >= 4 is 12.2 Å². The number of benzene rings is 4. The van der Waals surface area contributed by atoms with E-state index in [0.717, 1.165) is 16.7 Å². The molecule has 0 saturated carbocycles. The van der Waals surface area contributed by atoms with Crippen molar-refractivity contribution in [2.24, 2.45) is 0 Å². The predicted octanol–water partition coefficient (Wildman–Crippen LogP) is 7.16. The topological polar surface area (TPSA) is 53.4 Å². The SMILES string of the molecule is COc1cccc(Cn2nc(C)c(-c3ccccc3OCc3ccccc3)c(C=Cc3cccc(F)c3)c2=O)c1. The molecular formula is C34H29FN2O3. The fraction of sp³-hybridized carbons (Fsp3) is 0.118. The van der Waals surface area contributed by atoms with Crippen LogP contribution in [0, 0.1) is 12.7 Å². The van der Waals surface area contributed by atoms with Gasteiger partial charge in [0.05, 0.1) is 24.9 Å². The van der Waals surface area contributed by atoms with Crippen molar-refractivity contribution in [2.45, 2.75) is 20.1 Å². The van der Waals surface area contributed by atoms with Gasteiger partial charge in [0.1, 0.15) is 23.9 Å². The molecule has 4 aromatic carbocycles. The van der Waals surface area contributed by atoms with Crippen molar-refractivity contribution in [3.63, 3.8) is 0 Å². The van der Waals surface area contributed by atoms with Crippen LogP contribution in [0.4, 0.5) is 4.39 Å². The highest BCUT2D eigenvalue weighted by atomic mass is 19.1. The summed E-state index contributed by atoms with van der Waals surface area (Å²) in [5.74, 6) is 1.000. The van der Waals surface area contributed by atoms with Gasteiger partial charge in [0.15, 0.2) is 0 Å². The highest BCUT2D eigenvalue weighted by Gasteiger charge is 2.19. The first kappa shape index (κ1) is 26.6. The number of hydrogen-bond donors (Lipinski definition) is 0. The molecule has 0 aliphatic carbocycles. The van der Waals surface area contributed by atoms with E-state index in [1.54, 1.807) is 31.4 Å². The van der Waals surface area contributed by atoms with Crippen LogP contribution in [0.5, 0.6) is 11.5 Å². The monoisotopic (exact) mass is 532 g/mol. The number of methoxy groups -OCH3 is 1. The van der Waals surface area contributed by atoms with E-state index < -0.39 is 0 Å². The first-order valence-electron chi connectivity index (χ1n) is 13.0. The van der Waals surface area contributed by atoms with Gasteiger partial charge in [-0.2, -0.15) is 5.10 Å². The van der Waals surface area contributed by atoms with Gasteiger partial charge in [-0.3, -0.25) is 4.79 Å². The number of para-hydroxylation sites is 1. The van der Waals surface area contributed by atoms with Gasteiger partial charge in [-0.1, -0.05) is 78.9 Å². The normalized spacial score (nSPS) is 11.1. The second-order valence-electron chi connectivity index (χ2n) is 9.35. The number of aryl methyl sites for hydroxylation is 1. The molecule has 0 radical (unpaired) electrons. The maximum Gasteiger partial charge on any atom is 0.274 e. The Bertz CT molecular complexity index is 1710. The number of hydrogen-bond acceptors (Lipinski definition) is 4. The molecule has 0 aliphatic heterocycles. The minimum Gasteiger partial charge on any atom is -0.497 e. The van der Waals surface area contributed by atoms with Crippen molar-refractivity contribution in [3.8, 4) is 22.6 Å². The Kier molecular flexibility index (Phi) is 8.16. The molecule has 1 aromatic heterocycles. The summed E-state index contributed by atoms with van der Waals surface area (Å²) in [5, 5.41) is 4.70. The largest absolute Gasteiger partial charge is 0.497 e. The molecule has 5 rings (SSSR count). The van der Waals surface area contributed by atoms with Crippen molar-refractivity contribution in [1.29, 1.82) is 0 Å². The van der Waals surface area contributed by atoms with Gasteiger partial charge in [0.25, 0.3) is 5.56 Å². The maximum atomic E-state index is 14.0. The van der Waals surface area contributed by atoms with E-state index >= 15 is 0 Å². The van der Waals surface area contributed by atoms with E-state index in [9.17, 15) is 9.18 Å². The lowest BCUT2D eigenvalue weighted by atomic mass is 9.97. The Hall–Kier alpha value is -4.97. The highest BCUT2D eigenvalue weighted by Crippen LogP contribution is 2.34. The molecule has 0 saturated heterocycles. The summed E-state index contributed by atoms with van der Waals surface area (Å²) in [6.45, 7) is 2.53. The van der Waals surface area contributed by atoms with Gasteiger partial charge >= 0.3 is 0 Å². The number of rotatable bonds is 9. The molecule has 40 heavy (non-hydrogen) atoms. The van der Waals surface area contributed by atoms with Crippen LogP contribution >= 0.6 is 0 Å². The number of halogens is 1. The molecule has 0 unspecified atom stereocenters. The predicted molar refractivity (Wildman–Crippen MR) is 157 cm³/mol. The van der Waals surface area contributed by atoms with Gasteiger partial charge in [0.2, 0.25) is 0 Å². The molecule has 0 fully saturated rings. The van der Waals surface area contributed by atoms with Gasteiger partial charge < -0.3 is 9.47 Å².